The number of rotatable bonds is 7. The van der Waals surface area contributed by atoms with Gasteiger partial charge < -0.3 is 15.2 Å². The van der Waals surface area contributed by atoms with Gasteiger partial charge in [-0.3, -0.25) is 0 Å². The molecule has 0 aliphatic heterocycles. The summed E-state index contributed by atoms with van der Waals surface area (Å²) in [6.07, 6.45) is 1.70. The third-order valence-electron chi connectivity index (χ3n) is 3.47. The normalized spacial score (nSPS) is 10.6. The highest BCUT2D eigenvalue weighted by molar-refractivity contribution is 6.30. The quantitative estimate of drug-likeness (QED) is 0.499. The molecule has 0 aliphatic rings. The predicted molar refractivity (Wildman–Crippen MR) is 97.7 cm³/mol. The van der Waals surface area contributed by atoms with E-state index in [0.29, 0.717) is 41.6 Å². The van der Waals surface area contributed by atoms with Crippen molar-refractivity contribution < 1.29 is 9.84 Å². The fraction of sp³-hybridized carbons (Fsp3) is 0.167. The van der Waals surface area contributed by atoms with Crippen LogP contribution in [0.15, 0.2) is 49.1 Å². The van der Waals surface area contributed by atoms with E-state index in [4.69, 9.17) is 16.3 Å². The van der Waals surface area contributed by atoms with Gasteiger partial charge in [-0.1, -0.05) is 48.0 Å². The van der Waals surface area contributed by atoms with Gasteiger partial charge in [-0.05, 0) is 11.6 Å². The summed E-state index contributed by atoms with van der Waals surface area (Å²) in [6.45, 7) is 4.29. The van der Waals surface area contributed by atoms with E-state index >= 15 is 0 Å². The van der Waals surface area contributed by atoms with Crippen molar-refractivity contribution in [2.75, 3.05) is 11.9 Å². The molecule has 3 rings (SSSR count). The number of hydrogen-bond donors (Lipinski definition) is 2. The molecule has 7 heteroatoms. The Morgan fingerprint density at radius 2 is 2.00 bits per heavy atom. The van der Waals surface area contributed by atoms with Crippen LogP contribution in [0.2, 0.25) is 5.15 Å². The van der Waals surface area contributed by atoms with E-state index in [1.807, 2.05) is 30.3 Å². The smallest absolute Gasteiger partial charge is 0.228 e. The lowest BCUT2D eigenvalue weighted by Gasteiger charge is -2.12. The summed E-state index contributed by atoms with van der Waals surface area (Å²) < 4.78 is 5.88. The van der Waals surface area contributed by atoms with Gasteiger partial charge in [-0.2, -0.15) is 9.97 Å². The minimum Gasteiger partial charge on any atom is -0.472 e. The maximum Gasteiger partial charge on any atom is 0.228 e. The van der Waals surface area contributed by atoms with Crippen molar-refractivity contribution in [2.45, 2.75) is 13.2 Å². The van der Waals surface area contributed by atoms with Crippen molar-refractivity contribution in [2.24, 2.45) is 0 Å². The predicted octanol–water partition coefficient (Wildman–Crippen LogP) is 3.35. The molecule has 2 aromatic heterocycles. The van der Waals surface area contributed by atoms with Gasteiger partial charge in [-0.15, -0.1) is 6.58 Å². The number of aromatic nitrogens is 3. The first-order valence-electron chi connectivity index (χ1n) is 7.70. The molecule has 3 aromatic rings. The lowest BCUT2D eigenvalue weighted by atomic mass is 10.2. The molecule has 25 heavy (non-hydrogen) atoms. The number of nitrogens with one attached hydrogen (secondary N) is 1. The third kappa shape index (κ3) is 4.04. The lowest BCUT2D eigenvalue weighted by molar-refractivity contribution is 0.281. The average Bonchev–Trinajstić information content (AvgIpc) is 2.64. The Morgan fingerprint density at radius 3 is 2.72 bits per heavy atom. The van der Waals surface area contributed by atoms with Gasteiger partial charge in [-0.25, -0.2) is 4.98 Å². The summed E-state index contributed by atoms with van der Waals surface area (Å²) in [4.78, 5) is 13.0. The number of anilines is 1. The van der Waals surface area contributed by atoms with Crippen molar-refractivity contribution >= 4 is 28.6 Å². The Hall–Kier alpha value is -2.70. The molecule has 0 spiro atoms. The van der Waals surface area contributed by atoms with Crippen LogP contribution in [0, 0.1) is 0 Å². The van der Waals surface area contributed by atoms with Crippen LogP contribution in [-0.4, -0.2) is 26.6 Å². The first kappa shape index (κ1) is 17.1. The fourth-order valence-corrected chi connectivity index (χ4v) is 2.43. The Balaban J connectivity index is 2.00. The fourth-order valence-electron chi connectivity index (χ4n) is 2.24. The highest BCUT2D eigenvalue weighted by Crippen LogP contribution is 2.27. The number of nitrogens with zero attached hydrogens (tertiary/aromatic N) is 3. The molecule has 0 radical (unpaired) electrons. The zero-order valence-electron chi connectivity index (χ0n) is 13.4. The van der Waals surface area contributed by atoms with Crippen molar-refractivity contribution in [3.63, 3.8) is 0 Å². The molecular formula is C18H17ClN4O2. The van der Waals surface area contributed by atoms with Gasteiger partial charge >= 0.3 is 0 Å². The molecule has 0 unspecified atom stereocenters. The zero-order valence-corrected chi connectivity index (χ0v) is 14.2. The molecule has 0 saturated carbocycles. The summed E-state index contributed by atoms with van der Waals surface area (Å²) in [5.74, 6) is 0.745. The van der Waals surface area contributed by atoms with E-state index in [-0.39, 0.29) is 11.8 Å². The first-order chi connectivity index (χ1) is 12.2. The number of ether oxygens (including phenoxy) is 1. The second kappa shape index (κ2) is 7.92. The number of aliphatic hydroxyl groups is 1. The highest BCUT2D eigenvalue weighted by Gasteiger charge is 2.14. The van der Waals surface area contributed by atoms with E-state index in [2.05, 4.69) is 26.8 Å². The van der Waals surface area contributed by atoms with Gasteiger partial charge in [0, 0.05) is 12.1 Å². The molecule has 1 aromatic carbocycles. The molecule has 128 valence electrons. The Morgan fingerprint density at radius 1 is 1.20 bits per heavy atom. The van der Waals surface area contributed by atoms with E-state index in [1.54, 1.807) is 12.1 Å². The summed E-state index contributed by atoms with van der Waals surface area (Å²) in [7, 11) is 0. The molecule has 2 N–H and O–H groups in total. The molecule has 6 nitrogen and oxygen atoms in total. The first-order valence-corrected chi connectivity index (χ1v) is 8.08. The lowest BCUT2D eigenvalue weighted by Crippen LogP contribution is -2.07. The second-order valence-electron chi connectivity index (χ2n) is 5.26. The molecule has 2 heterocycles. The van der Waals surface area contributed by atoms with Crippen molar-refractivity contribution in [1.82, 2.24) is 15.0 Å². The largest absolute Gasteiger partial charge is 0.472 e. The second-order valence-corrected chi connectivity index (χ2v) is 5.62. The minimum atomic E-state index is -0.226. The summed E-state index contributed by atoms with van der Waals surface area (Å²) in [6, 6.07) is 11.5. The van der Waals surface area contributed by atoms with E-state index in [0.717, 1.165) is 5.56 Å². The molecule has 0 saturated heterocycles. The number of aliphatic hydroxyl groups excluding tert-OH is 1. The zero-order chi connectivity index (χ0) is 17.6. The molecule has 0 bridgehead atoms. The number of benzene rings is 1. The highest BCUT2D eigenvalue weighted by atomic mass is 35.5. The molecule has 0 atom stereocenters. The summed E-state index contributed by atoms with van der Waals surface area (Å²) in [5.41, 5.74) is 1.90. The van der Waals surface area contributed by atoms with Crippen LogP contribution in [-0.2, 0) is 13.2 Å². The van der Waals surface area contributed by atoms with Crippen LogP contribution in [0.3, 0.4) is 0 Å². The van der Waals surface area contributed by atoms with E-state index < -0.39 is 0 Å². The van der Waals surface area contributed by atoms with E-state index in [9.17, 15) is 5.11 Å². The van der Waals surface area contributed by atoms with Crippen LogP contribution in [0.25, 0.3) is 11.0 Å². The number of fused-ring (bicyclic) bond motifs is 1. The Bertz CT molecular complexity index is 887. The van der Waals surface area contributed by atoms with Gasteiger partial charge in [0.1, 0.15) is 11.8 Å². The van der Waals surface area contributed by atoms with Gasteiger partial charge in [0.2, 0.25) is 11.8 Å². The summed E-state index contributed by atoms with van der Waals surface area (Å²) >= 11 is 6.08. The van der Waals surface area contributed by atoms with Crippen LogP contribution >= 0.6 is 11.6 Å². The van der Waals surface area contributed by atoms with Crippen LogP contribution in [0.5, 0.6) is 5.88 Å². The van der Waals surface area contributed by atoms with Crippen molar-refractivity contribution in [3.05, 3.63) is 65.3 Å². The maximum atomic E-state index is 9.42. The monoisotopic (exact) mass is 356 g/mol. The summed E-state index contributed by atoms with van der Waals surface area (Å²) in [5, 5.41) is 13.2. The van der Waals surface area contributed by atoms with Gasteiger partial charge in [0.25, 0.3) is 0 Å². The topological polar surface area (TPSA) is 80.2 Å². The average molecular weight is 357 g/mol. The van der Waals surface area contributed by atoms with Crippen LogP contribution in [0.1, 0.15) is 11.1 Å². The molecule has 0 aliphatic carbocycles. The molecule has 0 amide bonds. The Labute approximate surface area is 150 Å². The SMILES string of the molecule is C=CCNc1nc(OCc2ccccc2)c2cc(CO)c(Cl)nc2n1. The van der Waals surface area contributed by atoms with Gasteiger partial charge in [0.05, 0.1) is 12.0 Å². The van der Waals surface area contributed by atoms with Gasteiger partial charge in [0.15, 0.2) is 5.65 Å². The van der Waals surface area contributed by atoms with Crippen LogP contribution in [0.4, 0.5) is 5.95 Å². The van der Waals surface area contributed by atoms with E-state index in [1.165, 1.54) is 0 Å². The number of pyridine rings is 1. The maximum absolute atomic E-state index is 9.42. The Kier molecular flexibility index (Phi) is 5.42. The van der Waals surface area contributed by atoms with Crippen LogP contribution < -0.4 is 10.1 Å². The molecular weight excluding hydrogens is 340 g/mol. The van der Waals surface area contributed by atoms with Crippen molar-refractivity contribution in [3.8, 4) is 5.88 Å². The third-order valence-corrected chi connectivity index (χ3v) is 3.80. The van der Waals surface area contributed by atoms with Crippen molar-refractivity contribution in [1.29, 1.82) is 0 Å². The standard InChI is InChI=1S/C18H17ClN4O2/c1-2-8-20-18-22-16-14(9-13(10-24)15(19)21-16)17(23-18)25-11-12-6-4-3-5-7-12/h2-7,9,24H,1,8,10-11H2,(H,20,21,22,23). The molecule has 0 fully saturated rings. The number of halogens is 1. The minimum absolute atomic E-state index is 0.206. The number of hydrogen-bond acceptors (Lipinski definition) is 6.